The van der Waals surface area contributed by atoms with Gasteiger partial charge in [0.1, 0.15) is 0 Å². The Morgan fingerprint density at radius 3 is 1.44 bits per heavy atom. The third-order valence-corrected chi connectivity index (χ3v) is 5.34. The number of primary amides is 1. The first-order valence-corrected chi connectivity index (χ1v) is 11.8. The zero-order chi connectivity index (χ0) is 20.0. The van der Waals surface area contributed by atoms with Crippen molar-refractivity contribution in [2.45, 2.75) is 129 Å². The van der Waals surface area contributed by atoms with Gasteiger partial charge in [0.25, 0.3) is 0 Å². The van der Waals surface area contributed by atoms with Gasteiger partial charge in [-0.05, 0) is 38.5 Å². The van der Waals surface area contributed by atoms with Crippen molar-refractivity contribution >= 4 is 5.91 Å². The van der Waals surface area contributed by atoms with Crippen LogP contribution in [0.4, 0.5) is 0 Å². The molecule has 158 valence electrons. The summed E-state index contributed by atoms with van der Waals surface area (Å²) in [6, 6.07) is 0. The van der Waals surface area contributed by atoms with Crippen LogP contribution >= 0.6 is 0 Å². The highest BCUT2D eigenvalue weighted by Crippen LogP contribution is 2.13. The van der Waals surface area contributed by atoms with E-state index in [1.54, 1.807) is 0 Å². The van der Waals surface area contributed by atoms with Gasteiger partial charge in [-0.3, -0.25) is 4.79 Å². The van der Waals surface area contributed by atoms with Crippen LogP contribution in [0.5, 0.6) is 0 Å². The van der Waals surface area contributed by atoms with Crippen LogP contribution in [0.15, 0.2) is 24.3 Å². The van der Waals surface area contributed by atoms with Gasteiger partial charge in [0.2, 0.25) is 5.91 Å². The number of allylic oxidation sites excluding steroid dienone is 2. The zero-order valence-corrected chi connectivity index (χ0v) is 18.3. The molecule has 0 aliphatic rings. The Morgan fingerprint density at radius 2 is 1.04 bits per heavy atom. The summed E-state index contributed by atoms with van der Waals surface area (Å²) in [4.78, 5) is 10.9. The van der Waals surface area contributed by atoms with E-state index in [4.69, 9.17) is 5.73 Å². The minimum atomic E-state index is -0.344. The van der Waals surface area contributed by atoms with Crippen LogP contribution in [0.3, 0.4) is 0 Å². The van der Waals surface area contributed by atoms with Crippen molar-refractivity contribution < 1.29 is 4.79 Å². The van der Waals surface area contributed by atoms with Gasteiger partial charge in [0, 0.05) is 5.57 Å². The maximum Gasteiger partial charge on any atom is 0.244 e. The number of hydrogen-bond donors (Lipinski definition) is 1. The molecule has 0 rings (SSSR count). The van der Waals surface area contributed by atoms with Crippen LogP contribution < -0.4 is 5.73 Å². The number of rotatable bonds is 21. The Labute approximate surface area is 170 Å². The maximum absolute atomic E-state index is 10.9. The van der Waals surface area contributed by atoms with Gasteiger partial charge in [-0.15, -0.1) is 0 Å². The molecule has 0 unspecified atom stereocenters. The van der Waals surface area contributed by atoms with Gasteiger partial charge in [-0.2, -0.15) is 0 Å². The smallest absolute Gasteiger partial charge is 0.244 e. The molecule has 2 nitrogen and oxygen atoms in total. The largest absolute Gasteiger partial charge is 0.366 e. The SMILES string of the molecule is C=C(CCCCCCCCCCCC/C=C\CCCCCCCC)C(N)=O. The van der Waals surface area contributed by atoms with E-state index in [1.807, 2.05) is 0 Å². The molecule has 0 aromatic heterocycles. The van der Waals surface area contributed by atoms with Crippen LogP contribution in [-0.2, 0) is 4.79 Å². The van der Waals surface area contributed by atoms with E-state index in [-0.39, 0.29) is 5.91 Å². The molecule has 0 atom stereocenters. The van der Waals surface area contributed by atoms with Gasteiger partial charge >= 0.3 is 0 Å². The average molecular weight is 378 g/mol. The Bertz CT molecular complexity index is 373. The van der Waals surface area contributed by atoms with Crippen LogP contribution in [-0.4, -0.2) is 5.91 Å². The van der Waals surface area contributed by atoms with Crippen LogP contribution in [0.2, 0.25) is 0 Å². The van der Waals surface area contributed by atoms with E-state index in [2.05, 4.69) is 25.7 Å². The van der Waals surface area contributed by atoms with E-state index in [0.29, 0.717) is 5.57 Å². The molecule has 0 heterocycles. The molecule has 0 bridgehead atoms. The Balaban J connectivity index is 3.13. The fourth-order valence-electron chi connectivity index (χ4n) is 3.42. The van der Waals surface area contributed by atoms with E-state index in [0.717, 1.165) is 12.8 Å². The molecule has 27 heavy (non-hydrogen) atoms. The summed E-state index contributed by atoms with van der Waals surface area (Å²) < 4.78 is 0. The molecule has 2 N–H and O–H groups in total. The molecular weight excluding hydrogens is 330 g/mol. The molecule has 0 aromatic rings. The predicted octanol–water partition coefficient (Wildman–Crippen LogP) is 8.02. The Hall–Kier alpha value is -1.05. The maximum atomic E-state index is 10.9. The van der Waals surface area contributed by atoms with E-state index >= 15 is 0 Å². The monoisotopic (exact) mass is 377 g/mol. The molecule has 0 saturated carbocycles. The fraction of sp³-hybridized carbons (Fsp3) is 0.800. The van der Waals surface area contributed by atoms with Gasteiger partial charge in [-0.1, -0.05) is 109 Å². The summed E-state index contributed by atoms with van der Waals surface area (Å²) in [6.45, 7) is 5.97. The molecule has 2 heteroatoms. The normalized spacial score (nSPS) is 11.3. The van der Waals surface area contributed by atoms with E-state index in [9.17, 15) is 4.79 Å². The van der Waals surface area contributed by atoms with Gasteiger partial charge in [0.05, 0.1) is 0 Å². The lowest BCUT2D eigenvalue weighted by molar-refractivity contribution is -0.114. The predicted molar refractivity (Wildman–Crippen MR) is 121 cm³/mol. The second-order valence-corrected chi connectivity index (χ2v) is 8.07. The standard InChI is InChI=1S/C25H47NO/c1-3-4-5-6-7-8-9-10-11-12-13-14-15-16-17-18-19-20-21-22-23-24(2)25(26)27/h10-11H,2-9,12-23H2,1H3,(H2,26,27)/b11-10-. The second-order valence-electron chi connectivity index (χ2n) is 8.07. The van der Waals surface area contributed by atoms with Crippen molar-refractivity contribution in [1.29, 1.82) is 0 Å². The Morgan fingerprint density at radius 1 is 0.667 bits per heavy atom. The second kappa shape index (κ2) is 21.3. The van der Waals surface area contributed by atoms with Gasteiger partial charge < -0.3 is 5.73 Å². The van der Waals surface area contributed by atoms with Crippen LogP contribution in [0.25, 0.3) is 0 Å². The molecule has 0 fully saturated rings. The summed E-state index contributed by atoms with van der Waals surface area (Å²) in [6.07, 6.45) is 29.6. The number of carbonyl (C=O) groups excluding carboxylic acids is 1. The topological polar surface area (TPSA) is 43.1 Å². The fourth-order valence-corrected chi connectivity index (χ4v) is 3.42. The first kappa shape index (κ1) is 26.0. The minimum absolute atomic E-state index is 0.344. The number of carbonyl (C=O) groups is 1. The number of hydrogen-bond acceptors (Lipinski definition) is 1. The summed E-state index contributed by atoms with van der Waals surface area (Å²) in [7, 11) is 0. The van der Waals surface area contributed by atoms with Gasteiger partial charge in [-0.25, -0.2) is 0 Å². The van der Waals surface area contributed by atoms with Crippen molar-refractivity contribution in [2.75, 3.05) is 0 Å². The molecule has 0 aliphatic carbocycles. The first-order chi connectivity index (χ1) is 13.2. The molecule has 0 saturated heterocycles. The summed E-state index contributed by atoms with van der Waals surface area (Å²) >= 11 is 0. The number of amides is 1. The molecule has 0 spiro atoms. The van der Waals surface area contributed by atoms with Crippen molar-refractivity contribution in [3.05, 3.63) is 24.3 Å². The van der Waals surface area contributed by atoms with Crippen LogP contribution in [0, 0.1) is 0 Å². The average Bonchev–Trinajstić information content (AvgIpc) is 2.66. The molecule has 0 aliphatic heterocycles. The van der Waals surface area contributed by atoms with Crippen molar-refractivity contribution in [2.24, 2.45) is 5.73 Å². The van der Waals surface area contributed by atoms with Crippen molar-refractivity contribution in [3.8, 4) is 0 Å². The summed E-state index contributed by atoms with van der Waals surface area (Å²) in [5.74, 6) is -0.344. The quantitative estimate of drug-likeness (QED) is 0.123. The minimum Gasteiger partial charge on any atom is -0.366 e. The molecule has 0 radical (unpaired) electrons. The lowest BCUT2D eigenvalue weighted by Crippen LogP contribution is -2.12. The lowest BCUT2D eigenvalue weighted by atomic mass is 10.0. The molecule has 0 aromatic carbocycles. The van der Waals surface area contributed by atoms with E-state index < -0.39 is 0 Å². The van der Waals surface area contributed by atoms with Gasteiger partial charge in [0.15, 0.2) is 0 Å². The summed E-state index contributed by atoms with van der Waals surface area (Å²) in [5.41, 5.74) is 5.75. The third-order valence-electron chi connectivity index (χ3n) is 5.34. The Kier molecular flexibility index (Phi) is 20.4. The van der Waals surface area contributed by atoms with Crippen molar-refractivity contribution in [3.63, 3.8) is 0 Å². The number of nitrogens with two attached hydrogens (primary N) is 1. The zero-order valence-electron chi connectivity index (χ0n) is 18.3. The third kappa shape index (κ3) is 21.1. The molecular formula is C25H47NO. The highest BCUT2D eigenvalue weighted by molar-refractivity contribution is 5.91. The van der Waals surface area contributed by atoms with E-state index in [1.165, 1.54) is 109 Å². The first-order valence-electron chi connectivity index (χ1n) is 11.8. The number of unbranched alkanes of at least 4 members (excludes halogenated alkanes) is 16. The lowest BCUT2D eigenvalue weighted by Gasteiger charge is -2.03. The van der Waals surface area contributed by atoms with Crippen LogP contribution in [0.1, 0.15) is 129 Å². The highest BCUT2D eigenvalue weighted by atomic mass is 16.1. The molecule has 1 amide bonds. The summed E-state index contributed by atoms with van der Waals surface area (Å²) in [5, 5.41) is 0. The van der Waals surface area contributed by atoms with Crippen molar-refractivity contribution in [1.82, 2.24) is 0 Å². The highest BCUT2D eigenvalue weighted by Gasteiger charge is 2.00.